The molecule has 1 amide bonds. The van der Waals surface area contributed by atoms with E-state index < -0.39 is 32.5 Å². The molecular formula is C61H107N2O7P. The van der Waals surface area contributed by atoms with Crippen LogP contribution in [0.25, 0.3) is 0 Å². The molecule has 1 N–H and O–H groups in total. The number of unbranched alkanes of at least 4 members (excludes halogenated alkanes) is 20. The number of carbonyl (C=O) groups excluding carboxylic acids is 2. The fourth-order valence-corrected chi connectivity index (χ4v) is 8.31. The van der Waals surface area contributed by atoms with Gasteiger partial charge in [0.1, 0.15) is 19.3 Å². The molecule has 0 aromatic heterocycles. The first-order valence-corrected chi connectivity index (χ1v) is 30.0. The summed E-state index contributed by atoms with van der Waals surface area (Å²) in [7, 11) is 1.13. The molecule has 0 aromatic rings. The van der Waals surface area contributed by atoms with Gasteiger partial charge in [0.15, 0.2) is 0 Å². The van der Waals surface area contributed by atoms with Crippen LogP contribution >= 0.6 is 7.82 Å². The Labute approximate surface area is 437 Å². The van der Waals surface area contributed by atoms with Crippen LogP contribution in [0.15, 0.2) is 97.2 Å². The van der Waals surface area contributed by atoms with E-state index in [1.807, 2.05) is 27.2 Å². The van der Waals surface area contributed by atoms with Crippen LogP contribution in [0.2, 0.25) is 0 Å². The molecule has 0 aliphatic heterocycles. The summed E-state index contributed by atoms with van der Waals surface area (Å²) < 4.78 is 30.2. The molecule has 0 saturated carbocycles. The van der Waals surface area contributed by atoms with Crippen LogP contribution in [0.3, 0.4) is 0 Å². The van der Waals surface area contributed by atoms with Gasteiger partial charge in [-0.1, -0.05) is 208 Å². The van der Waals surface area contributed by atoms with Crippen molar-refractivity contribution in [1.29, 1.82) is 0 Å². The Morgan fingerprint density at radius 3 is 1.41 bits per heavy atom. The molecule has 0 rings (SSSR count). The van der Waals surface area contributed by atoms with Gasteiger partial charge < -0.3 is 28.5 Å². The summed E-state index contributed by atoms with van der Waals surface area (Å²) in [6.45, 7) is 6.63. The minimum Gasteiger partial charge on any atom is -0.756 e. The zero-order valence-electron chi connectivity index (χ0n) is 46.4. The van der Waals surface area contributed by atoms with Crippen molar-refractivity contribution in [2.45, 2.75) is 238 Å². The Hall–Kier alpha value is -3.07. The van der Waals surface area contributed by atoms with Gasteiger partial charge in [0.2, 0.25) is 5.91 Å². The fraction of sp³-hybridized carbons (Fsp3) is 0.705. The summed E-state index contributed by atoms with van der Waals surface area (Å²) >= 11 is 0. The van der Waals surface area contributed by atoms with Gasteiger partial charge in [0.25, 0.3) is 7.82 Å². The maximum absolute atomic E-state index is 13.5. The van der Waals surface area contributed by atoms with E-state index in [0.29, 0.717) is 23.9 Å². The molecule has 0 radical (unpaired) electrons. The molecule has 0 aliphatic rings. The minimum absolute atomic E-state index is 0.0381. The summed E-state index contributed by atoms with van der Waals surface area (Å²) in [5, 5.41) is 3.00. The number of carbonyl (C=O) groups is 2. The van der Waals surface area contributed by atoms with Crippen molar-refractivity contribution < 1.29 is 37.3 Å². The topological polar surface area (TPSA) is 114 Å². The van der Waals surface area contributed by atoms with Gasteiger partial charge in [0.05, 0.1) is 33.8 Å². The number of nitrogens with zero attached hydrogens (tertiary/aromatic N) is 1. The lowest BCUT2D eigenvalue weighted by Gasteiger charge is -2.30. The second-order valence-electron chi connectivity index (χ2n) is 20.1. The quantitative estimate of drug-likeness (QED) is 0.0212. The highest BCUT2D eigenvalue weighted by molar-refractivity contribution is 7.45. The maximum Gasteiger partial charge on any atom is 0.306 e. The number of ether oxygens (including phenoxy) is 1. The van der Waals surface area contributed by atoms with Crippen molar-refractivity contribution in [2.24, 2.45) is 0 Å². The van der Waals surface area contributed by atoms with E-state index in [9.17, 15) is 19.0 Å². The molecule has 3 atom stereocenters. The highest BCUT2D eigenvalue weighted by Gasteiger charge is 2.27. The number of rotatable bonds is 50. The minimum atomic E-state index is -4.71. The molecule has 9 nitrogen and oxygen atoms in total. The molecule has 3 unspecified atom stereocenters. The summed E-state index contributed by atoms with van der Waals surface area (Å²) in [5.74, 6) is -0.628. The smallest absolute Gasteiger partial charge is 0.306 e. The number of allylic oxidation sites excluding steroid dienone is 15. The van der Waals surface area contributed by atoms with Crippen LogP contribution in [0.5, 0.6) is 0 Å². The Kier molecular flexibility index (Phi) is 48.3. The molecule has 0 saturated heterocycles. The average molecular weight is 1010 g/mol. The number of hydrogen-bond acceptors (Lipinski definition) is 7. The van der Waals surface area contributed by atoms with Crippen LogP contribution < -0.4 is 10.2 Å². The van der Waals surface area contributed by atoms with Crippen molar-refractivity contribution in [2.75, 3.05) is 40.9 Å². The molecule has 0 fully saturated rings. The third-order valence-electron chi connectivity index (χ3n) is 12.0. The van der Waals surface area contributed by atoms with Crippen LogP contribution in [-0.2, 0) is 27.9 Å². The molecular weight excluding hydrogens is 904 g/mol. The number of amides is 1. The molecule has 71 heavy (non-hydrogen) atoms. The Balaban J connectivity index is 5.48. The molecule has 0 aliphatic carbocycles. The third kappa shape index (κ3) is 51.6. The lowest BCUT2D eigenvalue weighted by molar-refractivity contribution is -0.870. The Morgan fingerprint density at radius 1 is 0.507 bits per heavy atom. The zero-order chi connectivity index (χ0) is 52.2. The fourth-order valence-electron chi connectivity index (χ4n) is 7.59. The van der Waals surface area contributed by atoms with E-state index in [4.69, 9.17) is 13.8 Å². The second-order valence-corrected chi connectivity index (χ2v) is 21.5. The van der Waals surface area contributed by atoms with Gasteiger partial charge >= 0.3 is 5.97 Å². The summed E-state index contributed by atoms with van der Waals surface area (Å²) in [6, 6.07) is -0.922. The monoisotopic (exact) mass is 1010 g/mol. The number of phosphoric ester groups is 1. The van der Waals surface area contributed by atoms with Crippen molar-refractivity contribution in [1.82, 2.24) is 5.32 Å². The number of hydrogen-bond donors (Lipinski definition) is 1. The van der Waals surface area contributed by atoms with E-state index in [0.717, 1.165) is 103 Å². The average Bonchev–Trinajstić information content (AvgIpc) is 3.33. The Bertz CT molecular complexity index is 1540. The predicted molar refractivity (Wildman–Crippen MR) is 302 cm³/mol. The second kappa shape index (κ2) is 50.5. The lowest BCUT2D eigenvalue weighted by Crippen LogP contribution is -2.47. The predicted octanol–water partition coefficient (Wildman–Crippen LogP) is 16.6. The molecule has 0 spiro atoms. The van der Waals surface area contributed by atoms with Crippen molar-refractivity contribution >= 4 is 19.7 Å². The number of phosphoric acid groups is 1. The standard InChI is InChI=1S/C61H107N2O7P/c1-7-10-13-16-19-22-25-28-30-32-34-36-39-42-45-48-51-54-61(65)70-59(52-49-46-43-40-37-27-24-21-18-15-12-9-3)58(57-69-71(66,67)68-56-55-63(4,5)6)62-60(64)53-50-47-44-41-38-35-33-31-29-26-23-20-17-14-11-8-2/h11,14,19-20,22-23,28-31,34,36,42,45,49,52,58-59H,7-10,12-13,15-18,21,24-27,32-33,35,37-41,43-44,46-48,50-51,53-57H2,1-6H3,(H-,62,64,66,67)/b14-11+,22-19-,23-20+,30-28-,31-29+,36-34-,45-42-,52-49+. The number of likely N-dealkylation sites (N-methyl/N-ethyl adjacent to an activating group) is 1. The molecule has 0 bridgehead atoms. The van der Waals surface area contributed by atoms with Crippen molar-refractivity contribution in [3.63, 3.8) is 0 Å². The third-order valence-corrected chi connectivity index (χ3v) is 13.0. The van der Waals surface area contributed by atoms with Crippen LogP contribution in [0, 0.1) is 0 Å². The van der Waals surface area contributed by atoms with E-state index in [1.165, 1.54) is 77.0 Å². The number of esters is 1. The first kappa shape index (κ1) is 67.9. The molecule has 10 heteroatoms. The normalized spacial score (nSPS) is 14.5. The van der Waals surface area contributed by atoms with Gasteiger partial charge in [-0.2, -0.15) is 0 Å². The number of quaternary nitrogens is 1. The largest absolute Gasteiger partial charge is 0.756 e. The van der Waals surface area contributed by atoms with Gasteiger partial charge in [-0.3, -0.25) is 14.2 Å². The van der Waals surface area contributed by atoms with Gasteiger partial charge in [0, 0.05) is 12.8 Å². The molecule has 0 heterocycles. The van der Waals surface area contributed by atoms with Crippen molar-refractivity contribution in [3.8, 4) is 0 Å². The molecule has 408 valence electrons. The van der Waals surface area contributed by atoms with E-state index in [2.05, 4.69) is 111 Å². The number of nitrogens with one attached hydrogen (secondary N) is 1. The first-order valence-electron chi connectivity index (χ1n) is 28.5. The van der Waals surface area contributed by atoms with Crippen LogP contribution in [0.4, 0.5) is 0 Å². The SMILES string of the molecule is CC/C=C/C/C=C/C/C=C/CCCCCCCCC(=O)NC(COP(=O)([O-])OCC[N+](C)(C)C)C(/C=C/CCCCCCCCCCCC)OC(=O)CCC/C=C\C/C=C\C/C=C\C/C=C\CCCCC. The van der Waals surface area contributed by atoms with E-state index in [1.54, 1.807) is 6.08 Å². The van der Waals surface area contributed by atoms with Crippen LogP contribution in [-0.4, -0.2) is 69.4 Å². The van der Waals surface area contributed by atoms with Crippen LogP contribution in [0.1, 0.15) is 226 Å². The molecule has 0 aromatic carbocycles. The zero-order valence-corrected chi connectivity index (χ0v) is 47.3. The summed E-state index contributed by atoms with van der Waals surface area (Å²) in [4.78, 5) is 39.8. The van der Waals surface area contributed by atoms with Gasteiger partial charge in [-0.15, -0.1) is 0 Å². The maximum atomic E-state index is 13.5. The highest BCUT2D eigenvalue weighted by Crippen LogP contribution is 2.38. The Morgan fingerprint density at radius 2 is 0.915 bits per heavy atom. The van der Waals surface area contributed by atoms with E-state index >= 15 is 0 Å². The van der Waals surface area contributed by atoms with E-state index in [-0.39, 0.29) is 25.4 Å². The van der Waals surface area contributed by atoms with Gasteiger partial charge in [-0.25, -0.2) is 0 Å². The lowest BCUT2D eigenvalue weighted by atomic mass is 10.0. The van der Waals surface area contributed by atoms with Crippen molar-refractivity contribution in [3.05, 3.63) is 97.2 Å². The summed E-state index contributed by atoms with van der Waals surface area (Å²) in [5.41, 5.74) is 0. The highest BCUT2D eigenvalue weighted by atomic mass is 31.2. The summed E-state index contributed by atoms with van der Waals surface area (Å²) in [6.07, 6.45) is 66.6. The van der Waals surface area contributed by atoms with Gasteiger partial charge in [-0.05, 0) is 102 Å². The first-order chi connectivity index (χ1) is 34.4.